The van der Waals surface area contributed by atoms with Crippen LogP contribution >= 0.6 is 0 Å². The number of hydrogen-bond donors (Lipinski definition) is 0. The molecule has 4 rings (SSSR count). The normalized spacial score (nSPS) is 35.0. The SMILES string of the molecule is Cc1ccc2c(c1C)N(C)C[C@@H]1[C@H](O[C@@H]3C[C@H](C)CC[C@H]3C(C)C)OC(=O)[C@H]21. The molecule has 0 spiro atoms. The molecule has 0 bridgehead atoms. The van der Waals surface area contributed by atoms with E-state index in [1.807, 2.05) is 0 Å². The summed E-state index contributed by atoms with van der Waals surface area (Å²) in [6.07, 6.45) is 3.31. The van der Waals surface area contributed by atoms with Crippen molar-refractivity contribution < 1.29 is 14.3 Å². The summed E-state index contributed by atoms with van der Waals surface area (Å²) in [5.41, 5.74) is 4.83. The van der Waals surface area contributed by atoms with Crippen molar-refractivity contribution in [3.63, 3.8) is 0 Å². The van der Waals surface area contributed by atoms with E-state index in [1.165, 1.54) is 29.7 Å². The molecule has 2 aliphatic heterocycles. The number of aryl methyl sites for hydroxylation is 1. The molecule has 1 aliphatic carbocycles. The van der Waals surface area contributed by atoms with Crippen LogP contribution in [0.25, 0.3) is 0 Å². The minimum absolute atomic E-state index is 0.0668. The minimum atomic E-state index is -0.425. The fourth-order valence-electron chi connectivity index (χ4n) is 5.72. The number of esters is 1. The van der Waals surface area contributed by atoms with Gasteiger partial charge in [0.2, 0.25) is 6.29 Å². The van der Waals surface area contributed by atoms with E-state index in [0.29, 0.717) is 17.8 Å². The number of nitrogens with zero attached hydrogens (tertiary/aromatic N) is 1. The Bertz CT molecular complexity index is 758. The van der Waals surface area contributed by atoms with Crippen LogP contribution in [0, 0.1) is 37.5 Å². The summed E-state index contributed by atoms with van der Waals surface area (Å²) in [4.78, 5) is 15.2. The van der Waals surface area contributed by atoms with E-state index in [1.54, 1.807) is 0 Å². The van der Waals surface area contributed by atoms with Crippen LogP contribution in [0.5, 0.6) is 0 Å². The van der Waals surface area contributed by atoms with Gasteiger partial charge in [-0.2, -0.15) is 0 Å². The van der Waals surface area contributed by atoms with Crippen molar-refractivity contribution in [2.45, 2.75) is 72.2 Å². The molecule has 28 heavy (non-hydrogen) atoms. The molecular formula is C24H35NO3. The zero-order valence-corrected chi connectivity index (χ0v) is 18.2. The van der Waals surface area contributed by atoms with Crippen molar-refractivity contribution in [2.75, 3.05) is 18.5 Å². The third kappa shape index (κ3) is 3.24. The van der Waals surface area contributed by atoms with Gasteiger partial charge in [0, 0.05) is 19.3 Å². The summed E-state index contributed by atoms with van der Waals surface area (Å²) in [5.74, 6) is 1.57. The lowest BCUT2D eigenvalue weighted by atomic mass is 9.75. The maximum Gasteiger partial charge on any atom is 0.316 e. The highest BCUT2D eigenvalue weighted by molar-refractivity contribution is 5.85. The highest BCUT2D eigenvalue weighted by Gasteiger charge is 2.51. The average molecular weight is 386 g/mol. The molecule has 0 N–H and O–H groups in total. The highest BCUT2D eigenvalue weighted by atomic mass is 16.7. The Morgan fingerprint density at radius 3 is 2.68 bits per heavy atom. The molecule has 0 unspecified atom stereocenters. The molecule has 1 saturated carbocycles. The lowest BCUT2D eigenvalue weighted by Gasteiger charge is -2.40. The summed E-state index contributed by atoms with van der Waals surface area (Å²) in [5, 5.41) is 0. The predicted molar refractivity (Wildman–Crippen MR) is 112 cm³/mol. The molecule has 1 saturated heterocycles. The third-order valence-corrected chi connectivity index (χ3v) is 7.47. The van der Waals surface area contributed by atoms with Crippen molar-refractivity contribution >= 4 is 11.7 Å². The molecule has 6 atom stereocenters. The van der Waals surface area contributed by atoms with Gasteiger partial charge in [0.15, 0.2) is 0 Å². The van der Waals surface area contributed by atoms with Crippen LogP contribution in [0.4, 0.5) is 5.69 Å². The lowest BCUT2D eigenvalue weighted by Crippen LogP contribution is -2.43. The highest BCUT2D eigenvalue weighted by Crippen LogP contribution is 2.48. The van der Waals surface area contributed by atoms with Crippen LogP contribution in [0.1, 0.15) is 62.6 Å². The van der Waals surface area contributed by atoms with Crippen LogP contribution in [-0.4, -0.2) is 32.0 Å². The van der Waals surface area contributed by atoms with Crippen molar-refractivity contribution in [1.29, 1.82) is 0 Å². The van der Waals surface area contributed by atoms with Gasteiger partial charge in [0.25, 0.3) is 0 Å². The molecule has 0 amide bonds. The number of fused-ring (bicyclic) bond motifs is 3. The third-order valence-electron chi connectivity index (χ3n) is 7.47. The van der Waals surface area contributed by atoms with Gasteiger partial charge < -0.3 is 14.4 Å². The first-order valence-electron chi connectivity index (χ1n) is 10.9. The van der Waals surface area contributed by atoms with Crippen molar-refractivity contribution in [2.24, 2.45) is 23.7 Å². The van der Waals surface area contributed by atoms with Gasteiger partial charge in [-0.1, -0.05) is 39.3 Å². The van der Waals surface area contributed by atoms with Crippen LogP contribution in [0.2, 0.25) is 0 Å². The smallest absolute Gasteiger partial charge is 0.316 e. The topological polar surface area (TPSA) is 38.8 Å². The number of carbonyl (C=O) groups excluding carboxylic acids is 1. The van der Waals surface area contributed by atoms with E-state index in [0.717, 1.165) is 18.5 Å². The predicted octanol–water partition coefficient (Wildman–Crippen LogP) is 4.81. The molecule has 1 aromatic rings. The van der Waals surface area contributed by atoms with Crippen molar-refractivity contribution in [1.82, 2.24) is 0 Å². The van der Waals surface area contributed by atoms with Crippen LogP contribution < -0.4 is 4.90 Å². The van der Waals surface area contributed by atoms with Crippen LogP contribution in [-0.2, 0) is 14.3 Å². The Labute approximate surface area is 169 Å². The second kappa shape index (κ2) is 7.37. The van der Waals surface area contributed by atoms with Crippen molar-refractivity contribution in [3.8, 4) is 0 Å². The largest absolute Gasteiger partial charge is 0.435 e. The first kappa shape index (κ1) is 19.8. The Balaban J connectivity index is 1.60. The quantitative estimate of drug-likeness (QED) is 0.700. The number of anilines is 1. The standard InChI is InChI=1S/C24H35NO3/c1-13(2)17-9-7-14(3)11-20(17)27-24-19-12-25(6)22-16(5)15(4)8-10-18(22)21(19)23(26)28-24/h8,10,13-14,17,19-21,24H,7,9,11-12H2,1-6H3/t14-,17+,19+,20-,21-,24-/m1/s1. The zero-order valence-electron chi connectivity index (χ0n) is 18.2. The summed E-state index contributed by atoms with van der Waals surface area (Å²) in [6, 6.07) is 4.25. The van der Waals surface area contributed by atoms with Gasteiger partial charge in [-0.25, -0.2) is 0 Å². The summed E-state index contributed by atoms with van der Waals surface area (Å²) in [7, 11) is 2.13. The molecule has 4 nitrogen and oxygen atoms in total. The van der Waals surface area contributed by atoms with Gasteiger partial charge in [0.05, 0.1) is 17.9 Å². The minimum Gasteiger partial charge on any atom is -0.435 e. The Morgan fingerprint density at radius 2 is 1.96 bits per heavy atom. The number of benzene rings is 1. The fraction of sp³-hybridized carbons (Fsp3) is 0.708. The number of cyclic esters (lactones) is 1. The first-order chi connectivity index (χ1) is 13.3. The Hall–Kier alpha value is -1.55. The molecule has 0 aromatic heterocycles. The second-order valence-corrected chi connectivity index (χ2v) is 9.77. The lowest BCUT2D eigenvalue weighted by molar-refractivity contribution is -0.195. The van der Waals surface area contributed by atoms with Crippen LogP contribution in [0.3, 0.4) is 0 Å². The molecule has 1 aromatic carbocycles. The number of hydrogen-bond acceptors (Lipinski definition) is 4. The van der Waals surface area contributed by atoms with E-state index in [2.05, 4.69) is 58.7 Å². The molecule has 0 radical (unpaired) electrons. The molecular weight excluding hydrogens is 350 g/mol. The van der Waals surface area contributed by atoms with E-state index in [9.17, 15) is 4.79 Å². The van der Waals surface area contributed by atoms with Gasteiger partial charge in [-0.05, 0) is 61.1 Å². The summed E-state index contributed by atoms with van der Waals surface area (Å²) < 4.78 is 12.4. The Morgan fingerprint density at radius 1 is 1.21 bits per heavy atom. The van der Waals surface area contributed by atoms with E-state index in [4.69, 9.17) is 9.47 Å². The molecule has 3 aliphatic rings. The van der Waals surface area contributed by atoms with Gasteiger partial charge in [0.1, 0.15) is 0 Å². The number of rotatable bonds is 3. The first-order valence-corrected chi connectivity index (χ1v) is 10.9. The zero-order chi connectivity index (χ0) is 20.2. The molecule has 2 heterocycles. The Kier molecular flexibility index (Phi) is 5.20. The van der Waals surface area contributed by atoms with Gasteiger partial charge in [-0.3, -0.25) is 4.79 Å². The maximum atomic E-state index is 12.9. The number of carbonyl (C=O) groups is 1. The van der Waals surface area contributed by atoms with Crippen molar-refractivity contribution in [3.05, 3.63) is 28.8 Å². The second-order valence-electron chi connectivity index (χ2n) is 9.77. The number of ether oxygens (including phenoxy) is 2. The van der Waals surface area contributed by atoms with Crippen LogP contribution in [0.15, 0.2) is 12.1 Å². The summed E-state index contributed by atoms with van der Waals surface area (Å²) >= 11 is 0. The molecule has 4 heteroatoms. The monoisotopic (exact) mass is 385 g/mol. The van der Waals surface area contributed by atoms with Gasteiger partial charge >= 0.3 is 5.97 Å². The molecule has 154 valence electrons. The van der Waals surface area contributed by atoms with Gasteiger partial charge in [-0.15, -0.1) is 0 Å². The van der Waals surface area contributed by atoms with E-state index < -0.39 is 6.29 Å². The average Bonchev–Trinajstić information content (AvgIpc) is 2.93. The summed E-state index contributed by atoms with van der Waals surface area (Å²) in [6.45, 7) is 12.0. The van der Waals surface area contributed by atoms with E-state index in [-0.39, 0.29) is 23.9 Å². The maximum absolute atomic E-state index is 12.9. The van der Waals surface area contributed by atoms with E-state index >= 15 is 0 Å². The fourth-order valence-corrected chi connectivity index (χ4v) is 5.72. The molecule has 2 fully saturated rings.